The van der Waals surface area contributed by atoms with Crippen LogP contribution in [0.25, 0.3) is 6.08 Å². The highest BCUT2D eigenvalue weighted by atomic mass is 28.4. The molecule has 1 aromatic rings. The van der Waals surface area contributed by atoms with Crippen LogP contribution in [0.4, 0.5) is 0 Å². The molecule has 0 fully saturated rings. The summed E-state index contributed by atoms with van der Waals surface area (Å²) < 4.78 is 28.5. The van der Waals surface area contributed by atoms with Gasteiger partial charge < -0.3 is 27.9 Å². The molecule has 0 aliphatic rings. The predicted octanol–water partition coefficient (Wildman–Crippen LogP) is 4.70. The lowest BCUT2D eigenvalue weighted by Gasteiger charge is -2.28. The molecule has 0 aliphatic heterocycles. The lowest BCUT2D eigenvalue weighted by atomic mass is 10.2. The normalized spacial score (nSPS) is 11.6. The Labute approximate surface area is 191 Å². The summed E-state index contributed by atoms with van der Waals surface area (Å²) in [5.74, 6) is -0.704. The van der Waals surface area contributed by atoms with Gasteiger partial charge >= 0.3 is 20.7 Å². The maximum atomic E-state index is 12.4. The van der Waals surface area contributed by atoms with E-state index >= 15 is 0 Å². The number of carbonyl (C=O) groups is 2. The summed E-state index contributed by atoms with van der Waals surface area (Å²) in [6, 6.07) is 5.67. The van der Waals surface area contributed by atoms with E-state index < -0.39 is 14.8 Å². The standard InChI is InChI=1S/C23H36O8Si/c1-5-27-20-15-13-19(14-16-22(24)25)18-21(20)31-23(26)12-10-9-11-17-32(28-6-2,29-7-3)30-8-4/h13-16,18H,5-12,17H2,1-4H3,(H,24,25). The molecule has 180 valence electrons. The second-order valence-corrected chi connectivity index (χ2v) is 9.56. The molecular weight excluding hydrogens is 432 g/mol. The number of hydrogen-bond donors (Lipinski definition) is 1. The second kappa shape index (κ2) is 15.6. The minimum absolute atomic E-state index is 0.257. The highest BCUT2D eigenvalue weighted by Crippen LogP contribution is 2.29. The van der Waals surface area contributed by atoms with E-state index in [0.29, 0.717) is 50.2 Å². The first-order valence-electron chi connectivity index (χ1n) is 11.2. The first kappa shape index (κ1) is 27.8. The van der Waals surface area contributed by atoms with Crippen molar-refractivity contribution >= 4 is 26.8 Å². The molecule has 1 N–H and O–H groups in total. The lowest BCUT2D eigenvalue weighted by Crippen LogP contribution is -2.45. The van der Waals surface area contributed by atoms with Crippen molar-refractivity contribution in [3.05, 3.63) is 29.8 Å². The first-order chi connectivity index (χ1) is 15.4. The number of carboxylic acids is 1. The molecule has 1 rings (SSSR count). The van der Waals surface area contributed by atoms with Crippen molar-refractivity contribution in [2.24, 2.45) is 0 Å². The maximum Gasteiger partial charge on any atom is 0.500 e. The predicted molar refractivity (Wildman–Crippen MR) is 124 cm³/mol. The van der Waals surface area contributed by atoms with Gasteiger partial charge in [-0.3, -0.25) is 4.79 Å². The zero-order valence-corrected chi connectivity index (χ0v) is 20.6. The Bertz CT molecular complexity index is 718. The number of esters is 1. The van der Waals surface area contributed by atoms with E-state index in [1.54, 1.807) is 18.2 Å². The van der Waals surface area contributed by atoms with E-state index in [1.165, 1.54) is 6.08 Å². The molecule has 32 heavy (non-hydrogen) atoms. The summed E-state index contributed by atoms with van der Waals surface area (Å²) in [6.07, 6.45) is 5.03. The van der Waals surface area contributed by atoms with Crippen LogP contribution in [0.3, 0.4) is 0 Å². The summed E-state index contributed by atoms with van der Waals surface area (Å²) in [5, 5.41) is 8.79. The number of carboxylic acid groups (broad SMARTS) is 1. The van der Waals surface area contributed by atoms with Crippen molar-refractivity contribution in [1.29, 1.82) is 0 Å². The third-order valence-electron chi connectivity index (χ3n) is 4.37. The third-order valence-corrected chi connectivity index (χ3v) is 7.52. The van der Waals surface area contributed by atoms with Crippen molar-refractivity contribution in [3.63, 3.8) is 0 Å². The van der Waals surface area contributed by atoms with E-state index in [-0.39, 0.29) is 18.1 Å². The summed E-state index contributed by atoms with van der Waals surface area (Å²) in [7, 11) is -2.65. The van der Waals surface area contributed by atoms with Crippen molar-refractivity contribution in [2.45, 2.75) is 59.4 Å². The Kier molecular flexibility index (Phi) is 13.5. The highest BCUT2D eigenvalue weighted by molar-refractivity contribution is 6.60. The molecule has 1 aromatic carbocycles. The maximum absolute atomic E-state index is 12.4. The van der Waals surface area contributed by atoms with E-state index in [2.05, 4.69) is 0 Å². The van der Waals surface area contributed by atoms with Crippen LogP contribution in [0.2, 0.25) is 6.04 Å². The number of hydrogen-bond acceptors (Lipinski definition) is 7. The average Bonchev–Trinajstić information content (AvgIpc) is 2.74. The van der Waals surface area contributed by atoms with Crippen LogP contribution in [-0.2, 0) is 22.9 Å². The SMILES string of the molecule is CCOc1ccc(C=CC(=O)O)cc1OC(=O)CCCCC[Si](OCC)(OCC)OCC. The number of carbonyl (C=O) groups excluding carboxylic acids is 1. The number of aliphatic carboxylic acids is 1. The molecule has 0 saturated heterocycles. The molecule has 8 nitrogen and oxygen atoms in total. The number of unbranched alkanes of at least 4 members (excludes halogenated alkanes) is 2. The smallest absolute Gasteiger partial charge is 0.490 e. The van der Waals surface area contributed by atoms with E-state index in [9.17, 15) is 9.59 Å². The fraction of sp³-hybridized carbons (Fsp3) is 0.565. The van der Waals surface area contributed by atoms with Crippen LogP contribution >= 0.6 is 0 Å². The molecule has 0 bridgehead atoms. The molecule has 0 amide bonds. The van der Waals surface area contributed by atoms with Gasteiger partial charge in [0, 0.05) is 38.4 Å². The molecular formula is C23H36O8Si. The monoisotopic (exact) mass is 468 g/mol. The molecule has 0 heterocycles. The summed E-state index contributed by atoms with van der Waals surface area (Å²) in [5.41, 5.74) is 0.600. The van der Waals surface area contributed by atoms with Crippen molar-refractivity contribution in [3.8, 4) is 11.5 Å². The Morgan fingerprint density at radius 1 is 0.906 bits per heavy atom. The van der Waals surface area contributed by atoms with Crippen LogP contribution in [0.1, 0.15) is 58.9 Å². The molecule has 0 saturated carbocycles. The highest BCUT2D eigenvalue weighted by Gasteiger charge is 2.39. The minimum atomic E-state index is -2.65. The molecule has 0 aliphatic carbocycles. The van der Waals surface area contributed by atoms with Crippen molar-refractivity contribution < 1.29 is 37.4 Å². The largest absolute Gasteiger partial charge is 0.500 e. The van der Waals surface area contributed by atoms with Crippen LogP contribution < -0.4 is 9.47 Å². The lowest BCUT2D eigenvalue weighted by molar-refractivity contribution is -0.134. The number of rotatable bonds is 17. The molecule has 0 spiro atoms. The van der Waals surface area contributed by atoms with E-state index in [1.807, 2.05) is 27.7 Å². The fourth-order valence-corrected chi connectivity index (χ4v) is 5.80. The van der Waals surface area contributed by atoms with Crippen LogP contribution in [-0.4, -0.2) is 52.3 Å². The molecule has 0 unspecified atom stereocenters. The van der Waals surface area contributed by atoms with Gasteiger partial charge in [-0.25, -0.2) is 4.79 Å². The van der Waals surface area contributed by atoms with Gasteiger partial charge in [0.25, 0.3) is 0 Å². The Hall–Kier alpha value is -2.20. The zero-order valence-electron chi connectivity index (χ0n) is 19.6. The average molecular weight is 469 g/mol. The number of ether oxygens (including phenoxy) is 2. The molecule has 0 atom stereocenters. The van der Waals surface area contributed by atoms with Crippen LogP contribution in [0.5, 0.6) is 11.5 Å². The Morgan fingerprint density at radius 3 is 2.12 bits per heavy atom. The Balaban J connectivity index is 2.61. The van der Waals surface area contributed by atoms with Gasteiger partial charge in [-0.1, -0.05) is 12.5 Å². The van der Waals surface area contributed by atoms with Gasteiger partial charge in [0.2, 0.25) is 0 Å². The van der Waals surface area contributed by atoms with Gasteiger partial charge in [-0.05, 0) is 64.3 Å². The molecule has 0 radical (unpaired) electrons. The van der Waals surface area contributed by atoms with Crippen molar-refractivity contribution in [1.82, 2.24) is 0 Å². The summed E-state index contributed by atoms with van der Waals surface area (Å²) in [4.78, 5) is 23.1. The van der Waals surface area contributed by atoms with E-state index in [0.717, 1.165) is 18.9 Å². The van der Waals surface area contributed by atoms with Crippen LogP contribution in [0.15, 0.2) is 24.3 Å². The van der Waals surface area contributed by atoms with Gasteiger partial charge in [-0.2, -0.15) is 0 Å². The van der Waals surface area contributed by atoms with E-state index in [4.69, 9.17) is 27.9 Å². The molecule has 9 heteroatoms. The zero-order chi connectivity index (χ0) is 23.8. The van der Waals surface area contributed by atoms with Crippen LogP contribution in [0, 0.1) is 0 Å². The third kappa shape index (κ3) is 10.4. The first-order valence-corrected chi connectivity index (χ1v) is 13.1. The van der Waals surface area contributed by atoms with Gasteiger partial charge in [0.15, 0.2) is 11.5 Å². The summed E-state index contributed by atoms with van der Waals surface area (Å²) >= 11 is 0. The quantitative estimate of drug-likeness (QED) is 0.115. The van der Waals surface area contributed by atoms with Gasteiger partial charge in [0.05, 0.1) is 6.61 Å². The topological polar surface area (TPSA) is 101 Å². The second-order valence-electron chi connectivity index (χ2n) is 6.83. The number of benzene rings is 1. The Morgan fingerprint density at radius 2 is 1.56 bits per heavy atom. The minimum Gasteiger partial charge on any atom is -0.490 e. The van der Waals surface area contributed by atoms with Crippen molar-refractivity contribution in [2.75, 3.05) is 26.4 Å². The van der Waals surface area contributed by atoms with Gasteiger partial charge in [0.1, 0.15) is 0 Å². The summed E-state index contributed by atoms with van der Waals surface area (Å²) in [6.45, 7) is 9.67. The van der Waals surface area contributed by atoms with Gasteiger partial charge in [-0.15, -0.1) is 0 Å². The fourth-order valence-electron chi connectivity index (χ4n) is 3.11. The molecule has 0 aromatic heterocycles.